The zero-order chi connectivity index (χ0) is 14.2. The predicted molar refractivity (Wildman–Crippen MR) is 74.4 cm³/mol. The van der Waals surface area contributed by atoms with E-state index < -0.39 is 5.54 Å². The summed E-state index contributed by atoms with van der Waals surface area (Å²) in [7, 11) is 1.65. The second-order valence-electron chi connectivity index (χ2n) is 5.60. The average Bonchev–Trinajstić information content (AvgIpc) is 3.20. The van der Waals surface area contributed by atoms with Gasteiger partial charge in [0.2, 0.25) is 5.89 Å². The zero-order valence-electron chi connectivity index (χ0n) is 11.8. The summed E-state index contributed by atoms with van der Waals surface area (Å²) in [5.74, 6) is 2.49. The molecule has 1 unspecified atom stereocenters. The molecular weight excluding hydrogens is 254 g/mol. The highest BCUT2D eigenvalue weighted by molar-refractivity contribution is 5.30. The molecule has 1 aromatic carbocycles. The van der Waals surface area contributed by atoms with E-state index in [0.717, 1.165) is 24.2 Å². The number of ether oxygens (including phenoxy) is 1. The molecule has 5 nitrogen and oxygen atoms in total. The smallest absolute Gasteiger partial charge is 0.246 e. The molecule has 1 atom stereocenters. The Hall–Kier alpha value is -1.88. The van der Waals surface area contributed by atoms with Crippen molar-refractivity contribution in [2.75, 3.05) is 7.11 Å². The molecular formula is C15H19N3O2. The molecule has 2 aromatic rings. The van der Waals surface area contributed by atoms with E-state index in [4.69, 9.17) is 15.0 Å². The summed E-state index contributed by atoms with van der Waals surface area (Å²) < 4.78 is 10.5. The Labute approximate surface area is 118 Å². The van der Waals surface area contributed by atoms with Crippen LogP contribution in [0.15, 0.2) is 28.8 Å². The van der Waals surface area contributed by atoms with Gasteiger partial charge in [0.25, 0.3) is 0 Å². The van der Waals surface area contributed by atoms with Crippen LogP contribution in [0.5, 0.6) is 5.75 Å². The normalized spacial score (nSPS) is 17.8. The van der Waals surface area contributed by atoms with Crippen molar-refractivity contribution >= 4 is 0 Å². The van der Waals surface area contributed by atoms with Crippen molar-refractivity contribution in [3.8, 4) is 5.75 Å². The van der Waals surface area contributed by atoms with Crippen LogP contribution >= 0.6 is 0 Å². The van der Waals surface area contributed by atoms with Gasteiger partial charge in [-0.25, -0.2) is 0 Å². The third-order valence-corrected chi connectivity index (χ3v) is 3.85. The van der Waals surface area contributed by atoms with Crippen molar-refractivity contribution in [1.29, 1.82) is 0 Å². The quantitative estimate of drug-likeness (QED) is 0.904. The monoisotopic (exact) mass is 273 g/mol. The molecule has 0 bridgehead atoms. The first-order valence-corrected chi connectivity index (χ1v) is 6.84. The molecule has 1 fully saturated rings. The number of nitrogens with two attached hydrogens (primary N) is 1. The summed E-state index contributed by atoms with van der Waals surface area (Å²) in [4.78, 5) is 4.45. The number of benzene rings is 1. The Bertz CT molecular complexity index is 603. The van der Waals surface area contributed by atoms with Gasteiger partial charge in [-0.05, 0) is 43.4 Å². The molecule has 1 aromatic heterocycles. The van der Waals surface area contributed by atoms with Gasteiger partial charge in [0, 0.05) is 6.42 Å². The number of methoxy groups -OCH3 is 1. The Balaban J connectivity index is 1.76. The van der Waals surface area contributed by atoms with E-state index in [9.17, 15) is 0 Å². The van der Waals surface area contributed by atoms with E-state index in [1.807, 2.05) is 31.2 Å². The van der Waals surface area contributed by atoms with E-state index in [-0.39, 0.29) is 0 Å². The number of nitrogens with zero attached hydrogens (tertiary/aromatic N) is 2. The summed E-state index contributed by atoms with van der Waals surface area (Å²) in [5.41, 5.74) is 6.86. The maximum Gasteiger partial charge on any atom is 0.246 e. The lowest BCUT2D eigenvalue weighted by atomic mass is 9.97. The third kappa shape index (κ3) is 2.54. The van der Waals surface area contributed by atoms with E-state index >= 15 is 0 Å². The van der Waals surface area contributed by atoms with Gasteiger partial charge < -0.3 is 15.0 Å². The Morgan fingerprint density at radius 1 is 1.45 bits per heavy atom. The second-order valence-corrected chi connectivity index (χ2v) is 5.60. The van der Waals surface area contributed by atoms with Crippen molar-refractivity contribution in [1.82, 2.24) is 10.1 Å². The molecule has 20 heavy (non-hydrogen) atoms. The van der Waals surface area contributed by atoms with Crippen LogP contribution in [0.25, 0.3) is 0 Å². The van der Waals surface area contributed by atoms with Gasteiger partial charge in [-0.1, -0.05) is 17.3 Å². The van der Waals surface area contributed by atoms with Gasteiger partial charge in [-0.3, -0.25) is 0 Å². The van der Waals surface area contributed by atoms with E-state index in [1.54, 1.807) is 7.11 Å². The minimum atomic E-state index is -0.500. The highest BCUT2D eigenvalue weighted by atomic mass is 16.5. The predicted octanol–water partition coefficient (Wildman–Crippen LogP) is 2.25. The van der Waals surface area contributed by atoms with Gasteiger partial charge in [0.15, 0.2) is 5.82 Å². The number of rotatable bonds is 5. The first kappa shape index (κ1) is 13.1. The first-order valence-electron chi connectivity index (χ1n) is 6.84. The highest BCUT2D eigenvalue weighted by Crippen LogP contribution is 2.43. The van der Waals surface area contributed by atoms with Crippen molar-refractivity contribution in [2.45, 2.75) is 31.7 Å². The van der Waals surface area contributed by atoms with Gasteiger partial charge in [-0.15, -0.1) is 0 Å². The summed E-state index contributed by atoms with van der Waals surface area (Å²) in [6, 6.07) is 7.85. The summed E-state index contributed by atoms with van der Waals surface area (Å²) in [6.45, 7) is 1.97. The molecule has 0 aliphatic heterocycles. The van der Waals surface area contributed by atoms with Crippen LogP contribution in [0.1, 0.15) is 37.0 Å². The SMILES string of the molecule is COc1cccc(Cc2noc(C(C)(N)C3CC3)n2)c1. The van der Waals surface area contributed by atoms with Crippen LogP contribution < -0.4 is 10.5 Å². The number of hydrogen-bond donors (Lipinski definition) is 1. The molecule has 1 saturated carbocycles. The van der Waals surface area contributed by atoms with Crippen molar-refractivity contribution in [2.24, 2.45) is 11.7 Å². The van der Waals surface area contributed by atoms with Crippen LogP contribution in [-0.4, -0.2) is 17.3 Å². The van der Waals surface area contributed by atoms with Crippen LogP contribution in [0.4, 0.5) is 0 Å². The minimum absolute atomic E-state index is 0.465. The van der Waals surface area contributed by atoms with Crippen LogP contribution in [0.2, 0.25) is 0 Å². The summed E-state index contributed by atoms with van der Waals surface area (Å²) in [6.07, 6.45) is 2.89. The molecule has 5 heteroatoms. The van der Waals surface area contributed by atoms with Crippen molar-refractivity contribution in [3.05, 3.63) is 41.5 Å². The first-order chi connectivity index (χ1) is 9.59. The maximum absolute atomic E-state index is 6.28. The third-order valence-electron chi connectivity index (χ3n) is 3.85. The molecule has 0 radical (unpaired) electrons. The van der Waals surface area contributed by atoms with E-state index in [1.165, 1.54) is 0 Å². The molecule has 3 rings (SSSR count). The Kier molecular flexibility index (Phi) is 3.22. The largest absolute Gasteiger partial charge is 0.497 e. The number of aromatic nitrogens is 2. The van der Waals surface area contributed by atoms with Crippen molar-refractivity contribution in [3.63, 3.8) is 0 Å². The van der Waals surface area contributed by atoms with Crippen LogP contribution in [0, 0.1) is 5.92 Å². The van der Waals surface area contributed by atoms with E-state index in [2.05, 4.69) is 10.1 Å². The van der Waals surface area contributed by atoms with Gasteiger partial charge >= 0.3 is 0 Å². The van der Waals surface area contributed by atoms with Gasteiger partial charge in [0.1, 0.15) is 5.75 Å². The molecule has 1 heterocycles. The molecule has 1 aliphatic carbocycles. The average molecular weight is 273 g/mol. The zero-order valence-corrected chi connectivity index (χ0v) is 11.8. The fourth-order valence-electron chi connectivity index (χ4n) is 2.37. The lowest BCUT2D eigenvalue weighted by Crippen LogP contribution is -2.35. The van der Waals surface area contributed by atoms with Gasteiger partial charge in [0.05, 0.1) is 12.6 Å². The standard InChI is InChI=1S/C15H19N3O2/c1-15(16,11-6-7-11)14-17-13(18-20-14)9-10-4-3-5-12(8-10)19-2/h3-5,8,11H,6-7,9,16H2,1-2H3. The highest BCUT2D eigenvalue weighted by Gasteiger charge is 2.43. The molecule has 0 amide bonds. The molecule has 0 saturated heterocycles. The van der Waals surface area contributed by atoms with Gasteiger partial charge in [-0.2, -0.15) is 4.98 Å². The summed E-state index contributed by atoms with van der Waals surface area (Å²) >= 11 is 0. The summed E-state index contributed by atoms with van der Waals surface area (Å²) in [5, 5.41) is 4.04. The lowest BCUT2D eigenvalue weighted by Gasteiger charge is -2.18. The lowest BCUT2D eigenvalue weighted by molar-refractivity contribution is 0.272. The Morgan fingerprint density at radius 2 is 2.25 bits per heavy atom. The Morgan fingerprint density at radius 3 is 2.95 bits per heavy atom. The minimum Gasteiger partial charge on any atom is -0.497 e. The second kappa shape index (κ2) is 4.90. The molecule has 1 aliphatic rings. The topological polar surface area (TPSA) is 74.2 Å². The van der Waals surface area contributed by atoms with Crippen molar-refractivity contribution < 1.29 is 9.26 Å². The van der Waals surface area contributed by atoms with Crippen LogP contribution in [0.3, 0.4) is 0 Å². The fourth-order valence-corrected chi connectivity index (χ4v) is 2.37. The maximum atomic E-state index is 6.28. The molecule has 2 N–H and O–H groups in total. The fraction of sp³-hybridized carbons (Fsp3) is 0.467. The molecule has 106 valence electrons. The van der Waals surface area contributed by atoms with Crippen LogP contribution in [-0.2, 0) is 12.0 Å². The molecule has 0 spiro atoms. The van der Waals surface area contributed by atoms with E-state index in [0.29, 0.717) is 24.1 Å². The number of hydrogen-bond acceptors (Lipinski definition) is 5.